The third kappa shape index (κ3) is 8.33. The second-order valence-corrected chi connectivity index (χ2v) is 14.5. The van der Waals surface area contributed by atoms with Crippen molar-refractivity contribution in [3.05, 3.63) is 70.8 Å². The number of ether oxygens (including phenoxy) is 2. The van der Waals surface area contributed by atoms with Crippen molar-refractivity contribution < 1.29 is 43.9 Å². The number of amides is 2. The van der Waals surface area contributed by atoms with E-state index in [-0.39, 0.29) is 43.4 Å². The van der Waals surface area contributed by atoms with Gasteiger partial charge in [0.05, 0.1) is 18.8 Å². The molecule has 3 aliphatic heterocycles. The third-order valence-corrected chi connectivity index (χ3v) is 10.1. The number of carbonyl (C=O) groups is 2. The number of alkyl halides is 1. The Balaban J connectivity index is 1.29. The monoisotopic (exact) mass is 687 g/mol. The zero-order valence-corrected chi connectivity index (χ0v) is 29.6. The van der Waals surface area contributed by atoms with Gasteiger partial charge in [0.2, 0.25) is 17.6 Å². The predicted molar refractivity (Wildman–Crippen MR) is 183 cm³/mol. The number of aryl methyl sites for hydroxylation is 1. The molecule has 0 aliphatic carbocycles. The molecule has 0 radical (unpaired) electrons. The average Bonchev–Trinajstić information content (AvgIpc) is 3.64. The number of likely N-dealkylation sites (tertiary alicyclic amines) is 1. The van der Waals surface area contributed by atoms with E-state index in [9.17, 15) is 34.4 Å². The second-order valence-electron chi connectivity index (χ2n) is 14.5. The highest BCUT2D eigenvalue weighted by Gasteiger charge is 2.71. The van der Waals surface area contributed by atoms with Gasteiger partial charge in [0.1, 0.15) is 30.5 Å². The number of hydrogen-bond acceptors (Lipinski definition) is 9. The summed E-state index contributed by atoms with van der Waals surface area (Å²) in [4.78, 5) is 28.9. The standard InChI is InChI=1S/C37H54FN3O8/c1-23(11-12-25(3)37-33(45)31(43)32(44)36(49-37,22-48-37)35(4,5)47)24(2)19-27-15-13-26(14-16-27)9-8-10-30(42)41-21-28(38)20-29(41)34(46)39-17-18-40(6)7/h11-16,28-29,31-33,43-45,47H,3,8-10,17-22H2,1-2,4-7H3,(H,39,46)/b12-11-,24-23+/t28-,29+,31+,32+,33-,36+,37+/m1/s1. The van der Waals surface area contributed by atoms with Crippen LogP contribution < -0.4 is 5.32 Å². The second kappa shape index (κ2) is 15.5. The average molecular weight is 688 g/mol. The number of likely N-dealkylation sites (N-methyl/N-ethyl adjacent to an activating group) is 1. The lowest BCUT2D eigenvalue weighted by Gasteiger charge is -2.50. The Morgan fingerprint density at radius 1 is 1.12 bits per heavy atom. The van der Waals surface area contributed by atoms with Gasteiger partial charge in [0, 0.05) is 31.5 Å². The Kier molecular flexibility index (Phi) is 12.3. The summed E-state index contributed by atoms with van der Waals surface area (Å²) in [5.41, 5.74) is 1.20. The van der Waals surface area contributed by atoms with E-state index in [1.54, 1.807) is 6.08 Å². The molecule has 3 aliphatic rings. The van der Waals surface area contributed by atoms with E-state index in [0.717, 1.165) is 22.3 Å². The Labute approximate surface area is 289 Å². The number of nitrogens with one attached hydrogen (secondary N) is 1. The molecule has 1 aromatic rings. The van der Waals surface area contributed by atoms with Gasteiger partial charge in [-0.05, 0) is 72.2 Å². The Morgan fingerprint density at radius 2 is 1.78 bits per heavy atom. The molecule has 0 unspecified atom stereocenters. The highest BCUT2D eigenvalue weighted by Crippen LogP contribution is 2.51. The largest absolute Gasteiger partial charge is 0.387 e. The molecule has 12 heteroatoms. The van der Waals surface area contributed by atoms with Gasteiger partial charge in [-0.2, -0.15) is 0 Å². The molecule has 0 saturated carbocycles. The van der Waals surface area contributed by atoms with Crippen LogP contribution in [0.25, 0.3) is 0 Å². The lowest BCUT2D eigenvalue weighted by atomic mass is 9.75. The zero-order chi connectivity index (χ0) is 36.3. The van der Waals surface area contributed by atoms with Crippen LogP contribution >= 0.6 is 0 Å². The molecule has 2 amide bonds. The first kappa shape index (κ1) is 38.8. The molecular formula is C37H54FN3O8. The number of nitrogens with zero attached hydrogens (tertiary/aromatic N) is 2. The van der Waals surface area contributed by atoms with Crippen molar-refractivity contribution in [2.75, 3.05) is 40.3 Å². The van der Waals surface area contributed by atoms with E-state index < -0.39 is 47.5 Å². The third-order valence-electron chi connectivity index (χ3n) is 10.1. The Morgan fingerprint density at radius 3 is 2.41 bits per heavy atom. The van der Waals surface area contributed by atoms with Crippen molar-refractivity contribution >= 4 is 11.8 Å². The van der Waals surface area contributed by atoms with Crippen LogP contribution in [0.5, 0.6) is 0 Å². The normalized spacial score (nSPS) is 30.6. The molecule has 7 atom stereocenters. The smallest absolute Gasteiger partial charge is 0.242 e. The van der Waals surface area contributed by atoms with E-state index in [2.05, 4.69) is 11.9 Å². The van der Waals surface area contributed by atoms with E-state index in [1.807, 2.05) is 63.2 Å². The van der Waals surface area contributed by atoms with Crippen LogP contribution in [0.1, 0.15) is 58.1 Å². The van der Waals surface area contributed by atoms with Crippen LogP contribution in [0.15, 0.2) is 59.7 Å². The molecule has 0 aromatic heterocycles. The molecule has 3 fully saturated rings. The first-order valence-electron chi connectivity index (χ1n) is 17.0. The highest BCUT2D eigenvalue weighted by molar-refractivity contribution is 5.88. The minimum Gasteiger partial charge on any atom is -0.387 e. The van der Waals surface area contributed by atoms with Gasteiger partial charge in [-0.15, -0.1) is 0 Å². The van der Waals surface area contributed by atoms with E-state index in [0.29, 0.717) is 32.4 Å². The first-order chi connectivity index (χ1) is 22.9. The van der Waals surface area contributed by atoms with E-state index in [4.69, 9.17) is 9.47 Å². The molecule has 3 saturated heterocycles. The number of halogens is 1. The number of allylic oxidation sites excluding steroid dienone is 3. The lowest BCUT2D eigenvalue weighted by molar-refractivity contribution is -0.326. The Hall–Kier alpha value is -2.97. The summed E-state index contributed by atoms with van der Waals surface area (Å²) < 4.78 is 26.1. The summed E-state index contributed by atoms with van der Waals surface area (Å²) >= 11 is 0. The number of hydrogen-bond donors (Lipinski definition) is 5. The van der Waals surface area contributed by atoms with Crippen LogP contribution in [0, 0.1) is 0 Å². The molecule has 1 aromatic carbocycles. The number of rotatable bonds is 14. The predicted octanol–water partition coefficient (Wildman–Crippen LogP) is 1.97. The summed E-state index contributed by atoms with van der Waals surface area (Å²) in [5, 5.41) is 45.7. The van der Waals surface area contributed by atoms with Crippen molar-refractivity contribution in [1.29, 1.82) is 0 Å². The van der Waals surface area contributed by atoms with Crippen LogP contribution in [0.4, 0.5) is 4.39 Å². The van der Waals surface area contributed by atoms with Crippen LogP contribution in [0.2, 0.25) is 0 Å². The summed E-state index contributed by atoms with van der Waals surface area (Å²) in [6, 6.07) is 7.38. The summed E-state index contributed by atoms with van der Waals surface area (Å²) in [5.74, 6) is -2.33. The van der Waals surface area contributed by atoms with Gasteiger partial charge in [-0.1, -0.05) is 54.1 Å². The van der Waals surface area contributed by atoms with Gasteiger partial charge in [-0.3, -0.25) is 9.59 Å². The lowest BCUT2D eigenvalue weighted by Crippen LogP contribution is -2.71. The maximum Gasteiger partial charge on any atom is 0.242 e. The summed E-state index contributed by atoms with van der Waals surface area (Å²) in [7, 11) is 3.80. The number of benzene rings is 1. The Bertz CT molecular complexity index is 1420. The minimum atomic E-state index is -1.82. The summed E-state index contributed by atoms with van der Waals surface area (Å²) in [6.45, 7) is 11.7. The van der Waals surface area contributed by atoms with Gasteiger partial charge in [-0.25, -0.2) is 4.39 Å². The minimum absolute atomic E-state index is 0.0322. The molecule has 49 heavy (non-hydrogen) atoms. The number of aliphatic hydroxyl groups is 4. The topological polar surface area (TPSA) is 152 Å². The van der Waals surface area contributed by atoms with Gasteiger partial charge in [0.25, 0.3) is 0 Å². The fraction of sp³-hybridized carbons (Fsp3) is 0.622. The van der Waals surface area contributed by atoms with Gasteiger partial charge >= 0.3 is 0 Å². The summed E-state index contributed by atoms with van der Waals surface area (Å²) in [6.07, 6.45) is -0.336. The molecule has 11 nitrogen and oxygen atoms in total. The maximum absolute atomic E-state index is 14.2. The molecule has 3 heterocycles. The molecule has 2 bridgehead atoms. The highest BCUT2D eigenvalue weighted by atomic mass is 19.1. The van der Waals surface area contributed by atoms with Crippen molar-refractivity contribution in [3.63, 3.8) is 0 Å². The van der Waals surface area contributed by atoms with Gasteiger partial charge < -0.3 is 45.0 Å². The molecule has 272 valence electrons. The molecule has 0 spiro atoms. The maximum atomic E-state index is 14.2. The van der Waals surface area contributed by atoms with Crippen LogP contribution in [-0.2, 0) is 31.9 Å². The van der Waals surface area contributed by atoms with Gasteiger partial charge in [0.15, 0.2) is 5.60 Å². The first-order valence-corrected chi connectivity index (χ1v) is 17.0. The number of carbonyl (C=O) groups excluding carboxylic acids is 2. The van der Waals surface area contributed by atoms with E-state index in [1.165, 1.54) is 18.7 Å². The SMILES string of the molecule is C=C(/C=C\C(C)=C(/C)Cc1ccc(CCCC(=O)N2C[C@H](F)C[C@H]2C(=O)NCCN(C)C)cc1)[C@]12OC[C@](C(C)(C)O)(O1)[C@@H](O)[C@H](O)[C@H]2O. The van der Waals surface area contributed by atoms with Crippen molar-refractivity contribution in [2.45, 2.75) is 107 Å². The molecular weight excluding hydrogens is 633 g/mol. The molecule has 4 rings (SSSR count). The number of fused-ring (bicyclic) bond motifs is 2. The van der Waals surface area contributed by atoms with Crippen molar-refractivity contribution in [3.8, 4) is 0 Å². The molecule has 5 N–H and O–H groups in total. The van der Waals surface area contributed by atoms with Crippen LogP contribution in [0.3, 0.4) is 0 Å². The van der Waals surface area contributed by atoms with Crippen molar-refractivity contribution in [2.24, 2.45) is 0 Å². The van der Waals surface area contributed by atoms with Crippen molar-refractivity contribution in [1.82, 2.24) is 15.1 Å². The fourth-order valence-electron chi connectivity index (χ4n) is 6.69. The zero-order valence-electron chi connectivity index (χ0n) is 29.6. The van der Waals surface area contributed by atoms with E-state index >= 15 is 0 Å². The number of aliphatic hydroxyl groups excluding tert-OH is 3. The van der Waals surface area contributed by atoms with Crippen LogP contribution in [-0.4, -0.2) is 130 Å². The quantitative estimate of drug-likeness (QED) is 0.185. The fourth-order valence-corrected chi connectivity index (χ4v) is 6.69.